The Morgan fingerprint density at radius 1 is 1.28 bits per heavy atom. The van der Waals surface area contributed by atoms with E-state index in [0.717, 1.165) is 5.69 Å². The van der Waals surface area contributed by atoms with Crippen LogP contribution in [0.4, 0.5) is 5.95 Å². The van der Waals surface area contributed by atoms with Gasteiger partial charge in [0, 0.05) is 11.8 Å². The molecular formula is C13H22ClN3O. The van der Waals surface area contributed by atoms with Crippen molar-refractivity contribution in [1.82, 2.24) is 9.97 Å². The van der Waals surface area contributed by atoms with Gasteiger partial charge in [0.1, 0.15) is 0 Å². The average Bonchev–Trinajstić information content (AvgIpc) is 2.13. The van der Waals surface area contributed by atoms with Crippen molar-refractivity contribution in [2.75, 3.05) is 5.32 Å². The molecule has 0 fully saturated rings. The number of rotatable bonds is 5. The fraction of sp³-hybridized carbons (Fsp3) is 0.692. The van der Waals surface area contributed by atoms with E-state index in [2.05, 4.69) is 15.3 Å². The zero-order valence-electron chi connectivity index (χ0n) is 11.9. The van der Waals surface area contributed by atoms with Gasteiger partial charge in [0.15, 0.2) is 0 Å². The first-order valence-corrected chi connectivity index (χ1v) is 6.59. The van der Waals surface area contributed by atoms with E-state index in [9.17, 15) is 0 Å². The number of alkyl halides is 1. The number of aryl methyl sites for hydroxylation is 1. The van der Waals surface area contributed by atoms with Crippen molar-refractivity contribution in [2.24, 2.45) is 0 Å². The van der Waals surface area contributed by atoms with Crippen LogP contribution in [0.5, 0.6) is 5.88 Å². The predicted molar refractivity (Wildman–Crippen MR) is 75.5 cm³/mol. The van der Waals surface area contributed by atoms with Gasteiger partial charge in [-0.3, -0.25) is 0 Å². The number of nitrogens with zero attached hydrogens (tertiary/aromatic N) is 2. The van der Waals surface area contributed by atoms with E-state index < -0.39 is 0 Å². The molecule has 1 heterocycles. The van der Waals surface area contributed by atoms with Gasteiger partial charge in [-0.15, -0.1) is 11.6 Å². The first-order chi connectivity index (χ1) is 8.20. The fourth-order valence-electron chi connectivity index (χ4n) is 1.29. The standard InChI is InChI=1S/C13H22ClN3O/c1-8(2)18-11-7-9(3)15-12(16-11)17-13(5,6)10(4)14/h7-8,10H,1-6H3,(H,15,16,17). The van der Waals surface area contributed by atoms with E-state index >= 15 is 0 Å². The molecule has 0 aliphatic heterocycles. The normalized spacial score (nSPS) is 13.6. The van der Waals surface area contributed by atoms with Crippen LogP contribution in [-0.2, 0) is 0 Å². The SMILES string of the molecule is Cc1cc(OC(C)C)nc(NC(C)(C)C(C)Cl)n1. The third-order valence-corrected chi connectivity index (χ3v) is 3.16. The molecule has 1 aromatic heterocycles. The minimum Gasteiger partial charge on any atom is -0.475 e. The smallest absolute Gasteiger partial charge is 0.226 e. The lowest BCUT2D eigenvalue weighted by Gasteiger charge is -2.29. The Kier molecular flexibility index (Phi) is 4.79. The summed E-state index contributed by atoms with van der Waals surface area (Å²) >= 11 is 6.13. The topological polar surface area (TPSA) is 47.0 Å². The van der Waals surface area contributed by atoms with E-state index in [-0.39, 0.29) is 17.0 Å². The number of halogens is 1. The minimum atomic E-state index is -0.287. The van der Waals surface area contributed by atoms with Crippen LogP contribution in [0.25, 0.3) is 0 Å². The zero-order chi connectivity index (χ0) is 13.9. The summed E-state index contributed by atoms with van der Waals surface area (Å²) in [5.74, 6) is 1.13. The van der Waals surface area contributed by atoms with Gasteiger partial charge < -0.3 is 10.1 Å². The van der Waals surface area contributed by atoms with E-state index in [1.807, 2.05) is 47.6 Å². The summed E-state index contributed by atoms with van der Waals surface area (Å²) in [6.45, 7) is 11.8. The highest BCUT2D eigenvalue weighted by Gasteiger charge is 2.25. The monoisotopic (exact) mass is 271 g/mol. The number of anilines is 1. The van der Waals surface area contributed by atoms with Crippen molar-refractivity contribution in [2.45, 2.75) is 58.6 Å². The molecule has 0 amide bonds. The average molecular weight is 272 g/mol. The molecule has 18 heavy (non-hydrogen) atoms. The molecule has 1 atom stereocenters. The Morgan fingerprint density at radius 2 is 1.89 bits per heavy atom. The maximum atomic E-state index is 6.13. The van der Waals surface area contributed by atoms with Crippen LogP contribution in [0.3, 0.4) is 0 Å². The summed E-state index contributed by atoms with van der Waals surface area (Å²) in [6, 6.07) is 1.82. The third-order valence-electron chi connectivity index (χ3n) is 2.62. The molecule has 1 aromatic rings. The summed E-state index contributed by atoms with van der Waals surface area (Å²) in [4.78, 5) is 8.69. The minimum absolute atomic E-state index is 0.0453. The molecule has 0 saturated carbocycles. The van der Waals surface area contributed by atoms with Crippen LogP contribution >= 0.6 is 11.6 Å². The van der Waals surface area contributed by atoms with Gasteiger partial charge in [-0.1, -0.05) is 0 Å². The second-order valence-corrected chi connectivity index (χ2v) is 5.96. The molecule has 102 valence electrons. The molecular weight excluding hydrogens is 250 g/mol. The number of ether oxygens (including phenoxy) is 1. The molecule has 4 nitrogen and oxygen atoms in total. The van der Waals surface area contributed by atoms with E-state index in [1.54, 1.807) is 0 Å². The van der Waals surface area contributed by atoms with Gasteiger partial charge in [0.2, 0.25) is 11.8 Å². The van der Waals surface area contributed by atoms with Gasteiger partial charge in [0.05, 0.1) is 17.0 Å². The first kappa shape index (κ1) is 15.0. The highest BCUT2D eigenvalue weighted by Crippen LogP contribution is 2.21. The van der Waals surface area contributed by atoms with Crippen molar-refractivity contribution in [1.29, 1.82) is 0 Å². The highest BCUT2D eigenvalue weighted by molar-refractivity contribution is 6.21. The van der Waals surface area contributed by atoms with Crippen molar-refractivity contribution >= 4 is 17.5 Å². The van der Waals surface area contributed by atoms with Gasteiger partial charge >= 0.3 is 0 Å². The number of aromatic nitrogens is 2. The Morgan fingerprint density at radius 3 is 2.39 bits per heavy atom. The number of nitrogens with one attached hydrogen (secondary N) is 1. The Hall–Kier alpha value is -1.03. The molecule has 0 aliphatic carbocycles. The van der Waals surface area contributed by atoms with E-state index in [1.165, 1.54) is 0 Å². The quantitative estimate of drug-likeness (QED) is 0.834. The lowest BCUT2D eigenvalue weighted by molar-refractivity contribution is 0.232. The Labute approximate surface area is 114 Å². The zero-order valence-corrected chi connectivity index (χ0v) is 12.7. The summed E-state index contributed by atoms with van der Waals surface area (Å²) < 4.78 is 5.59. The molecule has 1 N–H and O–H groups in total. The van der Waals surface area contributed by atoms with Crippen molar-refractivity contribution < 1.29 is 4.74 Å². The van der Waals surface area contributed by atoms with Crippen LogP contribution in [-0.4, -0.2) is 27.0 Å². The highest BCUT2D eigenvalue weighted by atomic mass is 35.5. The largest absolute Gasteiger partial charge is 0.475 e. The number of hydrogen-bond donors (Lipinski definition) is 1. The van der Waals surface area contributed by atoms with Gasteiger partial charge in [-0.2, -0.15) is 4.98 Å². The van der Waals surface area contributed by atoms with E-state index in [4.69, 9.17) is 16.3 Å². The van der Waals surface area contributed by atoms with Crippen LogP contribution in [0.15, 0.2) is 6.07 Å². The van der Waals surface area contributed by atoms with Crippen LogP contribution in [0.2, 0.25) is 0 Å². The molecule has 1 rings (SSSR count). The molecule has 1 unspecified atom stereocenters. The second kappa shape index (κ2) is 5.74. The van der Waals surface area contributed by atoms with Gasteiger partial charge in [-0.25, -0.2) is 4.98 Å². The second-order valence-electron chi connectivity index (χ2n) is 5.30. The fourth-order valence-corrected chi connectivity index (χ4v) is 1.34. The van der Waals surface area contributed by atoms with Crippen LogP contribution in [0, 0.1) is 6.92 Å². The summed E-state index contributed by atoms with van der Waals surface area (Å²) in [6.07, 6.45) is 0.0899. The molecule has 5 heteroatoms. The molecule has 0 radical (unpaired) electrons. The summed E-state index contributed by atoms with van der Waals surface area (Å²) in [5.41, 5.74) is 0.575. The maximum absolute atomic E-state index is 6.13. The van der Waals surface area contributed by atoms with Crippen molar-refractivity contribution in [3.05, 3.63) is 11.8 Å². The molecule has 0 saturated heterocycles. The molecule has 0 aliphatic rings. The Balaban J connectivity index is 2.93. The third kappa shape index (κ3) is 4.33. The summed E-state index contributed by atoms with van der Waals surface area (Å²) in [5, 5.41) is 3.19. The molecule has 0 aromatic carbocycles. The Bertz CT molecular complexity index is 405. The molecule has 0 bridgehead atoms. The lowest BCUT2D eigenvalue weighted by Crippen LogP contribution is -2.39. The maximum Gasteiger partial charge on any atom is 0.226 e. The molecule has 0 spiro atoms. The van der Waals surface area contributed by atoms with Gasteiger partial charge in [-0.05, 0) is 41.5 Å². The first-order valence-electron chi connectivity index (χ1n) is 6.15. The van der Waals surface area contributed by atoms with Crippen molar-refractivity contribution in [3.8, 4) is 5.88 Å². The van der Waals surface area contributed by atoms with Crippen molar-refractivity contribution in [3.63, 3.8) is 0 Å². The number of hydrogen-bond acceptors (Lipinski definition) is 4. The van der Waals surface area contributed by atoms with Crippen LogP contribution in [0.1, 0.15) is 40.3 Å². The van der Waals surface area contributed by atoms with Crippen LogP contribution < -0.4 is 10.1 Å². The van der Waals surface area contributed by atoms with E-state index in [0.29, 0.717) is 11.8 Å². The van der Waals surface area contributed by atoms with Gasteiger partial charge in [0.25, 0.3) is 0 Å². The predicted octanol–water partition coefficient (Wildman–Crippen LogP) is 3.39. The summed E-state index contributed by atoms with van der Waals surface area (Å²) in [7, 11) is 0. The lowest BCUT2D eigenvalue weighted by atomic mass is 10.0.